The Bertz CT molecular complexity index is 490. The molecule has 20 heavy (non-hydrogen) atoms. The van der Waals surface area contributed by atoms with Crippen LogP contribution in [0.2, 0.25) is 0 Å². The standard InChI is InChI=1S/C15H20ClNO3/c1-15(2)10-17(9-11(8-16)20-15)14(18)12-6-4-5-7-13(12)19-3/h4-7,11H,8-10H2,1-3H3. The van der Waals surface area contributed by atoms with Crippen molar-refractivity contribution in [1.82, 2.24) is 4.90 Å². The van der Waals surface area contributed by atoms with Crippen LogP contribution in [0.3, 0.4) is 0 Å². The summed E-state index contributed by atoms with van der Waals surface area (Å²) in [6.45, 7) is 4.98. The molecule has 110 valence electrons. The molecule has 1 aromatic rings. The summed E-state index contributed by atoms with van der Waals surface area (Å²) in [6, 6.07) is 7.25. The Morgan fingerprint density at radius 1 is 1.50 bits per heavy atom. The number of nitrogens with zero attached hydrogens (tertiary/aromatic N) is 1. The highest BCUT2D eigenvalue weighted by molar-refractivity contribution is 6.18. The van der Waals surface area contributed by atoms with Crippen LogP contribution in [-0.4, -0.2) is 48.6 Å². The fourth-order valence-corrected chi connectivity index (χ4v) is 2.68. The van der Waals surface area contributed by atoms with Crippen molar-refractivity contribution in [3.63, 3.8) is 0 Å². The molecule has 4 nitrogen and oxygen atoms in total. The van der Waals surface area contributed by atoms with Crippen molar-refractivity contribution in [2.75, 3.05) is 26.1 Å². The third-order valence-corrected chi connectivity index (χ3v) is 3.62. The van der Waals surface area contributed by atoms with Crippen LogP contribution < -0.4 is 4.74 Å². The Morgan fingerprint density at radius 2 is 2.20 bits per heavy atom. The number of para-hydroxylation sites is 1. The first-order valence-corrected chi connectivity index (χ1v) is 7.16. The molecule has 0 aliphatic carbocycles. The minimum absolute atomic E-state index is 0.0473. The van der Waals surface area contributed by atoms with Gasteiger partial charge in [0.1, 0.15) is 5.75 Å². The van der Waals surface area contributed by atoms with Gasteiger partial charge in [-0.1, -0.05) is 12.1 Å². The lowest BCUT2D eigenvalue weighted by Gasteiger charge is -2.42. The summed E-state index contributed by atoms with van der Waals surface area (Å²) in [5.41, 5.74) is 0.177. The Balaban J connectivity index is 2.23. The summed E-state index contributed by atoms with van der Waals surface area (Å²) in [4.78, 5) is 14.5. The SMILES string of the molecule is COc1ccccc1C(=O)N1CC(CCl)OC(C)(C)C1. The molecule has 0 saturated carbocycles. The van der Waals surface area contributed by atoms with Crippen molar-refractivity contribution in [3.8, 4) is 5.75 Å². The Labute approximate surface area is 124 Å². The maximum atomic E-state index is 12.7. The molecule has 0 aromatic heterocycles. The molecule has 5 heteroatoms. The predicted octanol–water partition coefficient (Wildman–Crippen LogP) is 2.55. The third-order valence-electron chi connectivity index (χ3n) is 3.28. The third kappa shape index (κ3) is 3.25. The zero-order chi connectivity index (χ0) is 14.8. The lowest BCUT2D eigenvalue weighted by Crippen LogP contribution is -2.55. The molecule has 0 spiro atoms. The maximum absolute atomic E-state index is 12.7. The molecule has 1 saturated heterocycles. The van der Waals surface area contributed by atoms with Crippen LogP contribution in [0.25, 0.3) is 0 Å². The van der Waals surface area contributed by atoms with E-state index in [1.54, 1.807) is 24.1 Å². The summed E-state index contributed by atoms with van der Waals surface area (Å²) in [5.74, 6) is 0.914. The number of hydrogen-bond acceptors (Lipinski definition) is 3. The predicted molar refractivity (Wildman–Crippen MR) is 78.6 cm³/mol. The summed E-state index contributed by atoms with van der Waals surface area (Å²) in [7, 11) is 1.57. The molecule has 0 bridgehead atoms. The zero-order valence-electron chi connectivity index (χ0n) is 12.1. The second-order valence-corrected chi connectivity index (χ2v) is 5.85. The minimum atomic E-state index is -0.393. The van der Waals surface area contributed by atoms with Gasteiger partial charge >= 0.3 is 0 Å². The van der Waals surface area contributed by atoms with Gasteiger partial charge in [-0.25, -0.2) is 0 Å². The van der Waals surface area contributed by atoms with Gasteiger partial charge in [-0.2, -0.15) is 0 Å². The van der Waals surface area contributed by atoms with Crippen LogP contribution in [0.4, 0.5) is 0 Å². The topological polar surface area (TPSA) is 38.8 Å². The Kier molecular flexibility index (Phi) is 4.55. The van der Waals surface area contributed by atoms with Crippen molar-refractivity contribution >= 4 is 17.5 Å². The quantitative estimate of drug-likeness (QED) is 0.805. The van der Waals surface area contributed by atoms with Crippen LogP contribution in [0.5, 0.6) is 5.75 Å². The number of hydrogen-bond donors (Lipinski definition) is 0. The molecular weight excluding hydrogens is 278 g/mol. The van der Waals surface area contributed by atoms with Gasteiger partial charge < -0.3 is 14.4 Å². The number of benzene rings is 1. The Morgan fingerprint density at radius 3 is 2.85 bits per heavy atom. The van der Waals surface area contributed by atoms with Crippen LogP contribution >= 0.6 is 11.6 Å². The lowest BCUT2D eigenvalue weighted by molar-refractivity contribution is -0.117. The van der Waals surface area contributed by atoms with E-state index in [0.717, 1.165) is 0 Å². The smallest absolute Gasteiger partial charge is 0.257 e. The van der Waals surface area contributed by atoms with E-state index in [0.29, 0.717) is 30.3 Å². The van der Waals surface area contributed by atoms with Crippen LogP contribution in [0.15, 0.2) is 24.3 Å². The number of rotatable bonds is 3. The van der Waals surface area contributed by atoms with Crippen LogP contribution in [0.1, 0.15) is 24.2 Å². The molecule has 1 unspecified atom stereocenters. The van der Waals surface area contributed by atoms with Gasteiger partial charge in [-0.3, -0.25) is 4.79 Å². The second kappa shape index (κ2) is 6.02. The van der Waals surface area contributed by atoms with Crippen molar-refractivity contribution in [3.05, 3.63) is 29.8 Å². The van der Waals surface area contributed by atoms with Gasteiger partial charge in [0.05, 0.1) is 30.3 Å². The lowest BCUT2D eigenvalue weighted by atomic mass is 10.0. The summed E-state index contributed by atoms with van der Waals surface area (Å²) < 4.78 is 11.1. The average Bonchev–Trinajstić information content (AvgIpc) is 2.44. The molecule has 2 rings (SSSR count). The molecule has 1 heterocycles. The molecule has 1 atom stereocenters. The first-order valence-electron chi connectivity index (χ1n) is 6.63. The first-order chi connectivity index (χ1) is 9.46. The minimum Gasteiger partial charge on any atom is -0.496 e. The van der Waals surface area contributed by atoms with Gasteiger partial charge in [0.15, 0.2) is 0 Å². The van der Waals surface area contributed by atoms with Crippen molar-refractivity contribution in [2.24, 2.45) is 0 Å². The number of ether oxygens (including phenoxy) is 2. The number of methoxy groups -OCH3 is 1. The van der Waals surface area contributed by atoms with Crippen LogP contribution in [0, 0.1) is 0 Å². The molecule has 1 amide bonds. The Hall–Kier alpha value is -1.26. The van der Waals surface area contributed by atoms with Gasteiger partial charge in [-0.15, -0.1) is 11.6 Å². The van der Waals surface area contributed by atoms with Crippen LogP contribution in [-0.2, 0) is 4.74 Å². The van der Waals surface area contributed by atoms with Gasteiger partial charge in [-0.05, 0) is 26.0 Å². The molecule has 0 radical (unpaired) electrons. The van der Waals surface area contributed by atoms with E-state index in [9.17, 15) is 4.79 Å². The fraction of sp³-hybridized carbons (Fsp3) is 0.533. The van der Waals surface area contributed by atoms with E-state index >= 15 is 0 Å². The number of amides is 1. The number of carbonyl (C=O) groups excluding carboxylic acids is 1. The van der Waals surface area contributed by atoms with E-state index in [-0.39, 0.29) is 12.0 Å². The van der Waals surface area contributed by atoms with E-state index in [2.05, 4.69) is 0 Å². The molecule has 1 aliphatic heterocycles. The first kappa shape index (κ1) is 15.1. The molecular formula is C15H20ClNO3. The number of halogens is 1. The molecule has 0 N–H and O–H groups in total. The van der Waals surface area contributed by atoms with Crippen molar-refractivity contribution < 1.29 is 14.3 Å². The molecule has 1 aliphatic rings. The maximum Gasteiger partial charge on any atom is 0.257 e. The largest absolute Gasteiger partial charge is 0.496 e. The van der Waals surface area contributed by atoms with Crippen molar-refractivity contribution in [1.29, 1.82) is 0 Å². The van der Waals surface area contributed by atoms with E-state index in [1.165, 1.54) is 0 Å². The zero-order valence-corrected chi connectivity index (χ0v) is 12.8. The number of carbonyl (C=O) groups is 1. The normalized spacial score (nSPS) is 21.6. The van der Waals surface area contributed by atoms with Gasteiger partial charge in [0.25, 0.3) is 5.91 Å². The van der Waals surface area contributed by atoms with E-state index < -0.39 is 5.60 Å². The second-order valence-electron chi connectivity index (χ2n) is 5.54. The number of morpholine rings is 1. The van der Waals surface area contributed by atoms with Crippen molar-refractivity contribution in [2.45, 2.75) is 25.6 Å². The summed E-state index contributed by atoms with van der Waals surface area (Å²) >= 11 is 5.89. The van der Waals surface area contributed by atoms with E-state index in [1.807, 2.05) is 26.0 Å². The fourth-order valence-electron chi connectivity index (χ4n) is 2.52. The highest BCUT2D eigenvalue weighted by Gasteiger charge is 2.36. The molecule has 1 aromatic carbocycles. The monoisotopic (exact) mass is 297 g/mol. The van der Waals surface area contributed by atoms with E-state index in [4.69, 9.17) is 21.1 Å². The summed E-state index contributed by atoms with van der Waals surface area (Å²) in [5, 5.41) is 0. The number of alkyl halides is 1. The average molecular weight is 298 g/mol. The highest BCUT2D eigenvalue weighted by atomic mass is 35.5. The summed E-state index contributed by atoms with van der Waals surface area (Å²) in [6.07, 6.45) is -0.140. The highest BCUT2D eigenvalue weighted by Crippen LogP contribution is 2.26. The molecule has 1 fully saturated rings. The van der Waals surface area contributed by atoms with Gasteiger partial charge in [0.2, 0.25) is 0 Å². The van der Waals surface area contributed by atoms with Gasteiger partial charge in [0, 0.05) is 13.1 Å².